The largest absolute Gasteiger partial charge is 0.497 e. The molecule has 7 nitrogen and oxygen atoms in total. The molecule has 2 amide bonds. The molecule has 1 fully saturated rings. The molecule has 3 aromatic rings. The molecule has 0 saturated carbocycles. The molecular formula is C27H33N3O4S. The van der Waals surface area contributed by atoms with Crippen LogP contribution in [0.4, 0.5) is 0 Å². The minimum atomic E-state index is 0.0225. The van der Waals surface area contributed by atoms with E-state index >= 15 is 0 Å². The molecule has 4 rings (SSSR count). The number of hydrogen-bond acceptors (Lipinski definition) is 6. The molecular weight excluding hydrogens is 462 g/mol. The molecule has 0 N–H and O–H groups in total. The first kappa shape index (κ1) is 25.0. The lowest BCUT2D eigenvalue weighted by molar-refractivity contribution is -0.132. The molecule has 1 aromatic carbocycles. The Hall–Kier alpha value is -3.13. The summed E-state index contributed by atoms with van der Waals surface area (Å²) in [4.78, 5) is 30.1. The normalized spacial score (nSPS) is 15.1. The van der Waals surface area contributed by atoms with E-state index in [-0.39, 0.29) is 23.8 Å². The number of rotatable bonds is 8. The molecule has 35 heavy (non-hydrogen) atoms. The van der Waals surface area contributed by atoms with Gasteiger partial charge in [-0.3, -0.25) is 9.59 Å². The number of aryl methyl sites for hydroxylation is 2. The molecule has 0 unspecified atom stereocenters. The second-order valence-corrected chi connectivity index (χ2v) is 10.0. The van der Waals surface area contributed by atoms with Gasteiger partial charge in [-0.05, 0) is 68.2 Å². The Morgan fingerprint density at radius 1 is 1.26 bits per heavy atom. The van der Waals surface area contributed by atoms with E-state index in [1.807, 2.05) is 65.7 Å². The van der Waals surface area contributed by atoms with Crippen molar-refractivity contribution in [2.24, 2.45) is 5.92 Å². The Kier molecular flexibility index (Phi) is 7.90. The van der Waals surface area contributed by atoms with Crippen LogP contribution in [-0.4, -0.2) is 60.1 Å². The van der Waals surface area contributed by atoms with Crippen LogP contribution in [0.5, 0.6) is 5.75 Å². The molecule has 0 aliphatic carbocycles. The standard InChI is InChI=1S/C27H33N3O4S/c1-18-24(19(2)34-28-18)16-26(31)30-11-8-21(9-12-30)25(15-20-6-5-7-23(14-20)33-4)29(3)27(32)22-10-13-35-17-22/h5-7,10,13-14,17,21,25H,8-9,11-12,15-16H2,1-4H3/t25-/m1/s1. The number of amides is 2. The first-order valence-electron chi connectivity index (χ1n) is 12.0. The van der Waals surface area contributed by atoms with Crippen LogP contribution in [0.2, 0.25) is 0 Å². The number of likely N-dealkylation sites (N-methyl/N-ethyl adjacent to an activating group) is 1. The summed E-state index contributed by atoms with van der Waals surface area (Å²) in [5.74, 6) is 1.95. The SMILES string of the molecule is COc1cccc(C[C@H](C2CCN(C(=O)Cc3c(C)noc3C)CC2)N(C)C(=O)c2ccsc2)c1. The summed E-state index contributed by atoms with van der Waals surface area (Å²) in [5.41, 5.74) is 3.52. The van der Waals surface area contributed by atoms with Gasteiger partial charge in [-0.15, -0.1) is 0 Å². The van der Waals surface area contributed by atoms with Crippen molar-refractivity contribution in [2.75, 3.05) is 27.2 Å². The van der Waals surface area contributed by atoms with Gasteiger partial charge < -0.3 is 19.1 Å². The van der Waals surface area contributed by atoms with Crippen LogP contribution in [0.1, 0.15) is 45.8 Å². The average molecular weight is 496 g/mol. The lowest BCUT2D eigenvalue weighted by Crippen LogP contribution is -2.48. The highest BCUT2D eigenvalue weighted by atomic mass is 32.1. The van der Waals surface area contributed by atoms with Crippen LogP contribution in [0.3, 0.4) is 0 Å². The quantitative estimate of drug-likeness (QED) is 0.459. The minimum absolute atomic E-state index is 0.0225. The maximum absolute atomic E-state index is 13.2. The van der Waals surface area contributed by atoms with E-state index in [1.165, 1.54) is 11.3 Å². The first-order valence-corrected chi connectivity index (χ1v) is 12.9. The number of hydrogen-bond donors (Lipinski definition) is 0. The van der Waals surface area contributed by atoms with Gasteiger partial charge in [0, 0.05) is 37.1 Å². The summed E-state index contributed by atoms with van der Waals surface area (Å²) in [5, 5.41) is 7.80. The molecule has 1 saturated heterocycles. The van der Waals surface area contributed by atoms with Crippen LogP contribution in [0.15, 0.2) is 45.6 Å². The number of likely N-dealkylation sites (tertiary alicyclic amines) is 1. The van der Waals surface area contributed by atoms with E-state index in [4.69, 9.17) is 9.26 Å². The lowest BCUT2D eigenvalue weighted by Gasteiger charge is -2.40. The number of nitrogens with zero attached hydrogens (tertiary/aromatic N) is 3. The number of ether oxygens (including phenoxy) is 1. The summed E-state index contributed by atoms with van der Waals surface area (Å²) >= 11 is 1.53. The van der Waals surface area contributed by atoms with E-state index in [0.717, 1.165) is 47.4 Å². The number of methoxy groups -OCH3 is 1. The first-order chi connectivity index (χ1) is 16.9. The molecule has 2 aromatic heterocycles. The Balaban J connectivity index is 1.47. The Labute approximate surface area is 210 Å². The zero-order chi connectivity index (χ0) is 24.9. The summed E-state index contributed by atoms with van der Waals surface area (Å²) in [6.07, 6.45) is 2.75. The van der Waals surface area contributed by atoms with E-state index in [0.29, 0.717) is 25.3 Å². The van der Waals surface area contributed by atoms with E-state index in [9.17, 15) is 9.59 Å². The molecule has 1 aliphatic heterocycles. The molecule has 3 heterocycles. The number of thiophene rings is 1. The van der Waals surface area contributed by atoms with Crippen LogP contribution >= 0.6 is 11.3 Å². The van der Waals surface area contributed by atoms with E-state index in [2.05, 4.69) is 11.2 Å². The second-order valence-electron chi connectivity index (χ2n) is 9.25. The second kappa shape index (κ2) is 11.1. The summed E-state index contributed by atoms with van der Waals surface area (Å²) in [6, 6.07) is 9.94. The van der Waals surface area contributed by atoms with Gasteiger partial charge >= 0.3 is 0 Å². The molecule has 186 valence electrons. The number of piperidine rings is 1. The molecule has 1 atom stereocenters. The fourth-order valence-corrected chi connectivity index (χ4v) is 5.58. The van der Waals surface area contributed by atoms with Crippen molar-refractivity contribution in [1.82, 2.24) is 15.0 Å². The third kappa shape index (κ3) is 5.75. The van der Waals surface area contributed by atoms with Crippen molar-refractivity contribution in [2.45, 2.75) is 45.6 Å². The molecule has 8 heteroatoms. The molecule has 0 bridgehead atoms. The summed E-state index contributed by atoms with van der Waals surface area (Å²) in [6.45, 7) is 5.08. The van der Waals surface area contributed by atoms with Crippen molar-refractivity contribution >= 4 is 23.2 Å². The molecule has 0 spiro atoms. The van der Waals surface area contributed by atoms with E-state index < -0.39 is 0 Å². The van der Waals surface area contributed by atoms with Crippen molar-refractivity contribution in [1.29, 1.82) is 0 Å². The number of carbonyl (C=O) groups is 2. The molecule has 0 radical (unpaired) electrons. The van der Waals surface area contributed by atoms with Gasteiger partial charge in [0.2, 0.25) is 5.91 Å². The highest BCUT2D eigenvalue weighted by Gasteiger charge is 2.33. The van der Waals surface area contributed by atoms with Gasteiger partial charge in [0.25, 0.3) is 5.91 Å². The lowest BCUT2D eigenvalue weighted by atomic mass is 9.84. The summed E-state index contributed by atoms with van der Waals surface area (Å²) < 4.78 is 10.6. The monoisotopic (exact) mass is 495 g/mol. The summed E-state index contributed by atoms with van der Waals surface area (Å²) in [7, 11) is 3.57. The minimum Gasteiger partial charge on any atom is -0.497 e. The third-order valence-electron chi connectivity index (χ3n) is 7.11. The molecule has 1 aliphatic rings. The maximum Gasteiger partial charge on any atom is 0.254 e. The van der Waals surface area contributed by atoms with Crippen molar-refractivity contribution in [3.63, 3.8) is 0 Å². The number of carbonyl (C=O) groups excluding carboxylic acids is 2. The van der Waals surface area contributed by atoms with E-state index in [1.54, 1.807) is 7.11 Å². The van der Waals surface area contributed by atoms with Gasteiger partial charge in [0.15, 0.2) is 0 Å². The fourth-order valence-electron chi connectivity index (χ4n) is 4.95. The van der Waals surface area contributed by atoms with Crippen LogP contribution in [-0.2, 0) is 17.6 Å². The fraction of sp³-hybridized carbons (Fsp3) is 0.444. The number of benzene rings is 1. The van der Waals surface area contributed by atoms with Gasteiger partial charge in [-0.2, -0.15) is 11.3 Å². The third-order valence-corrected chi connectivity index (χ3v) is 7.79. The average Bonchev–Trinajstić information content (AvgIpc) is 3.53. The smallest absolute Gasteiger partial charge is 0.254 e. The van der Waals surface area contributed by atoms with Gasteiger partial charge in [0.1, 0.15) is 11.5 Å². The predicted molar refractivity (Wildman–Crippen MR) is 136 cm³/mol. The topological polar surface area (TPSA) is 75.9 Å². The zero-order valence-electron chi connectivity index (χ0n) is 20.8. The van der Waals surface area contributed by atoms with Crippen LogP contribution < -0.4 is 4.74 Å². The Morgan fingerprint density at radius 3 is 2.66 bits per heavy atom. The zero-order valence-corrected chi connectivity index (χ0v) is 21.6. The van der Waals surface area contributed by atoms with Gasteiger partial charge in [0.05, 0.1) is 24.8 Å². The van der Waals surface area contributed by atoms with Crippen molar-refractivity contribution < 1.29 is 18.8 Å². The Bertz CT molecular complexity index is 1130. The highest BCUT2D eigenvalue weighted by molar-refractivity contribution is 7.08. The number of aromatic nitrogens is 1. The maximum atomic E-state index is 13.2. The van der Waals surface area contributed by atoms with Crippen molar-refractivity contribution in [3.8, 4) is 5.75 Å². The van der Waals surface area contributed by atoms with Crippen LogP contribution in [0.25, 0.3) is 0 Å². The van der Waals surface area contributed by atoms with Crippen molar-refractivity contribution in [3.05, 3.63) is 69.2 Å². The Morgan fingerprint density at radius 2 is 2.03 bits per heavy atom. The van der Waals surface area contributed by atoms with Crippen LogP contribution in [0, 0.1) is 19.8 Å². The highest BCUT2D eigenvalue weighted by Crippen LogP contribution is 2.29. The predicted octanol–water partition coefficient (Wildman–Crippen LogP) is 4.53. The van der Waals surface area contributed by atoms with Gasteiger partial charge in [-0.25, -0.2) is 0 Å². The van der Waals surface area contributed by atoms with Gasteiger partial charge in [-0.1, -0.05) is 17.3 Å².